The highest BCUT2D eigenvalue weighted by atomic mass is 35.5. The fourth-order valence-corrected chi connectivity index (χ4v) is 8.65. The molecule has 1 unspecified atom stereocenters. The number of thioether (sulfide) groups is 1. The number of pyridine rings is 1. The third kappa shape index (κ3) is 6.32. The predicted molar refractivity (Wildman–Crippen MR) is 189 cm³/mol. The second-order valence-electron chi connectivity index (χ2n) is 13.0. The van der Waals surface area contributed by atoms with Gasteiger partial charge >= 0.3 is 18.0 Å². The van der Waals surface area contributed by atoms with Gasteiger partial charge < -0.3 is 41.4 Å². The van der Waals surface area contributed by atoms with Gasteiger partial charge in [-0.05, 0) is 36.5 Å². The van der Waals surface area contributed by atoms with Gasteiger partial charge in [0.2, 0.25) is 11.3 Å². The fraction of sp³-hybridized carbons (Fsp3) is 0.353. The van der Waals surface area contributed by atoms with Crippen molar-refractivity contribution in [1.29, 1.82) is 0 Å². The van der Waals surface area contributed by atoms with E-state index in [0.717, 1.165) is 23.8 Å². The number of fused-ring (bicyclic) bond motifs is 2. The van der Waals surface area contributed by atoms with Crippen LogP contribution >= 0.6 is 23.4 Å². The van der Waals surface area contributed by atoms with Crippen LogP contribution < -0.4 is 32.0 Å². The summed E-state index contributed by atoms with van der Waals surface area (Å²) in [5.74, 6) is -4.57. The first-order valence-electron chi connectivity index (χ1n) is 16.5. The molecule has 3 aliphatic heterocycles. The molecule has 0 bridgehead atoms. The van der Waals surface area contributed by atoms with Gasteiger partial charge in [0.1, 0.15) is 34.5 Å². The second-order valence-corrected chi connectivity index (χ2v) is 14.5. The van der Waals surface area contributed by atoms with Crippen LogP contribution in [-0.2, 0) is 14.4 Å². The summed E-state index contributed by atoms with van der Waals surface area (Å²) in [7, 11) is 0. The molecule has 4 atom stereocenters. The zero-order valence-corrected chi connectivity index (χ0v) is 28.9. The van der Waals surface area contributed by atoms with Crippen LogP contribution in [0.1, 0.15) is 47.3 Å². The van der Waals surface area contributed by atoms with E-state index in [1.165, 1.54) is 18.0 Å². The molecule has 0 radical (unpaired) electrons. The SMILES string of the molecule is N[C@@H](C(=O)N[C@@H]1C(=O)N2C(C(=O)O)=C(CNC(=O)NC3CCN(c4c(F)cc5c(=O)c(C(=O)O)cn(C6CC6)c5c4Cl)C3)CS[C@H]12)c1ccccc1. The summed E-state index contributed by atoms with van der Waals surface area (Å²) in [5, 5.41) is 26.8. The van der Waals surface area contributed by atoms with Crippen LogP contribution in [0, 0.1) is 5.82 Å². The molecule has 1 aliphatic carbocycles. The quantitative estimate of drug-likeness (QED) is 0.165. The number of nitrogens with zero attached hydrogens (tertiary/aromatic N) is 3. The van der Waals surface area contributed by atoms with Crippen LogP contribution in [0.2, 0.25) is 5.02 Å². The molecule has 1 aromatic heterocycles. The minimum atomic E-state index is -1.41. The highest BCUT2D eigenvalue weighted by Gasteiger charge is 2.54. The number of halogens is 2. The van der Waals surface area contributed by atoms with Crippen molar-refractivity contribution in [2.24, 2.45) is 5.73 Å². The van der Waals surface area contributed by atoms with Gasteiger partial charge in [-0.25, -0.2) is 18.8 Å². The molecular formula is C34H33ClFN7O8S. The smallest absolute Gasteiger partial charge is 0.352 e. The lowest BCUT2D eigenvalue weighted by Crippen LogP contribution is -2.71. The van der Waals surface area contributed by atoms with Crippen molar-refractivity contribution in [2.45, 2.75) is 48.8 Å². The summed E-state index contributed by atoms with van der Waals surface area (Å²) in [6, 6.07) is 6.53. The number of anilines is 1. The Morgan fingerprint density at radius 2 is 1.79 bits per heavy atom. The van der Waals surface area contributed by atoms with Crippen molar-refractivity contribution in [3.05, 3.63) is 86.1 Å². The summed E-state index contributed by atoms with van der Waals surface area (Å²) in [6.07, 6.45) is 3.18. The van der Waals surface area contributed by atoms with Crippen molar-refractivity contribution < 1.29 is 38.6 Å². The molecule has 18 heteroatoms. The fourth-order valence-electron chi connectivity index (χ4n) is 6.89. The first-order valence-corrected chi connectivity index (χ1v) is 17.9. The van der Waals surface area contributed by atoms with Crippen molar-refractivity contribution in [2.75, 3.05) is 30.3 Å². The first kappa shape index (κ1) is 35.3. The monoisotopic (exact) mass is 753 g/mol. The molecule has 7 N–H and O–H groups in total. The minimum Gasteiger partial charge on any atom is -0.477 e. The molecule has 2 aromatic carbocycles. The summed E-state index contributed by atoms with van der Waals surface area (Å²) >= 11 is 8.00. The van der Waals surface area contributed by atoms with Gasteiger partial charge in [-0.15, -0.1) is 11.8 Å². The lowest BCUT2D eigenvalue weighted by atomic mass is 10.0. The van der Waals surface area contributed by atoms with Gasteiger partial charge in [0.05, 0.1) is 21.6 Å². The molecule has 2 saturated heterocycles. The maximum Gasteiger partial charge on any atom is 0.352 e. The Hall–Kier alpha value is -5.13. The Morgan fingerprint density at radius 3 is 2.46 bits per heavy atom. The molecule has 3 fully saturated rings. The number of hydrogen-bond acceptors (Lipinski definition) is 9. The van der Waals surface area contributed by atoms with Crippen LogP contribution in [0.25, 0.3) is 10.9 Å². The van der Waals surface area contributed by atoms with E-state index < -0.39 is 70.1 Å². The van der Waals surface area contributed by atoms with Crippen molar-refractivity contribution in [3.8, 4) is 0 Å². The van der Waals surface area contributed by atoms with E-state index >= 15 is 4.39 Å². The molecule has 0 spiro atoms. The predicted octanol–water partition coefficient (Wildman–Crippen LogP) is 2.14. The average Bonchev–Trinajstić information content (AvgIpc) is 3.87. The lowest BCUT2D eigenvalue weighted by Gasteiger charge is -2.49. The Bertz CT molecular complexity index is 2130. The van der Waals surface area contributed by atoms with Crippen LogP contribution in [0.4, 0.5) is 14.9 Å². The number of nitrogens with one attached hydrogen (secondary N) is 3. The average molecular weight is 754 g/mol. The topological polar surface area (TPSA) is 216 Å². The van der Waals surface area contributed by atoms with Crippen LogP contribution in [-0.4, -0.2) is 92.3 Å². The van der Waals surface area contributed by atoms with E-state index in [1.807, 2.05) is 0 Å². The Balaban J connectivity index is 0.992. The first-order chi connectivity index (χ1) is 24.8. The number of aliphatic carboxylic acids is 1. The van der Waals surface area contributed by atoms with Crippen LogP contribution in [0.3, 0.4) is 0 Å². The minimum absolute atomic E-state index is 0.0244. The highest BCUT2D eigenvalue weighted by molar-refractivity contribution is 8.00. The van der Waals surface area contributed by atoms with E-state index in [2.05, 4.69) is 16.0 Å². The number of aromatic carboxylic acids is 1. The molecule has 3 aromatic rings. The number of aromatic nitrogens is 1. The number of amides is 4. The number of hydrogen-bond donors (Lipinski definition) is 6. The third-order valence-electron chi connectivity index (χ3n) is 9.65. The van der Waals surface area contributed by atoms with Crippen LogP contribution in [0.5, 0.6) is 0 Å². The number of benzene rings is 2. The number of carboxylic acid groups (broad SMARTS) is 2. The number of nitrogens with two attached hydrogens (primary N) is 1. The van der Waals surface area contributed by atoms with E-state index in [0.29, 0.717) is 24.1 Å². The Morgan fingerprint density at radius 1 is 1.06 bits per heavy atom. The van der Waals surface area contributed by atoms with Gasteiger partial charge in [-0.2, -0.15) is 0 Å². The maximum absolute atomic E-state index is 15.6. The van der Waals surface area contributed by atoms with Crippen LogP contribution in [0.15, 0.2) is 58.7 Å². The molecule has 1 saturated carbocycles. The van der Waals surface area contributed by atoms with E-state index in [-0.39, 0.29) is 52.2 Å². The van der Waals surface area contributed by atoms with Gasteiger partial charge in [0.15, 0.2) is 0 Å². The number of carbonyl (C=O) groups is 5. The highest BCUT2D eigenvalue weighted by Crippen LogP contribution is 2.43. The number of β-lactam (4-membered cyclic amide) rings is 1. The maximum atomic E-state index is 15.6. The summed E-state index contributed by atoms with van der Waals surface area (Å²) in [4.78, 5) is 78.5. The van der Waals surface area contributed by atoms with E-state index in [4.69, 9.17) is 17.3 Å². The second kappa shape index (κ2) is 13.8. The van der Waals surface area contributed by atoms with Gasteiger partial charge in [-0.3, -0.25) is 19.3 Å². The standard InChI is InChI=1S/C34H33ClFN7O8S/c35-22-26-19(28(44)20(32(47)48)13-42(26)18-6-7-18)10-21(36)27(22)41-9-8-17(12-41)39-34(51)38-11-16-14-52-31-24(30(46)43(31)25(16)33(49)50)40-29(45)23(37)15-4-2-1-3-5-15/h1-5,10,13,17-18,23-24,31H,6-9,11-12,14,37H2,(H,40,45)(H,47,48)(H,49,50)(H2,38,39,51)/t17?,23-,24-,31-/m1/s1. The Kier molecular flexibility index (Phi) is 9.35. The van der Waals surface area contributed by atoms with E-state index in [1.54, 1.807) is 39.8 Å². The van der Waals surface area contributed by atoms with Gasteiger partial charge in [0.25, 0.3) is 5.91 Å². The number of urea groups is 1. The lowest BCUT2D eigenvalue weighted by molar-refractivity contribution is -0.150. The molecule has 4 amide bonds. The molecule has 7 rings (SSSR count). The zero-order chi connectivity index (χ0) is 37.0. The van der Waals surface area contributed by atoms with Crippen molar-refractivity contribution in [3.63, 3.8) is 0 Å². The van der Waals surface area contributed by atoms with Gasteiger partial charge in [0, 0.05) is 43.7 Å². The van der Waals surface area contributed by atoms with Crippen molar-refractivity contribution >= 4 is 69.7 Å². The zero-order valence-electron chi connectivity index (χ0n) is 27.3. The molecule has 15 nitrogen and oxygen atoms in total. The largest absolute Gasteiger partial charge is 0.477 e. The number of carboxylic acids is 2. The molecule has 4 heterocycles. The molecular weight excluding hydrogens is 721 g/mol. The normalized spacial score (nSPS) is 21.8. The molecule has 272 valence electrons. The number of carbonyl (C=O) groups excluding carboxylic acids is 3. The molecule has 4 aliphatic rings. The van der Waals surface area contributed by atoms with Gasteiger partial charge in [-0.1, -0.05) is 41.9 Å². The molecule has 52 heavy (non-hydrogen) atoms. The summed E-state index contributed by atoms with van der Waals surface area (Å²) in [5.41, 5.74) is 5.66. The Labute approximate surface area is 303 Å². The summed E-state index contributed by atoms with van der Waals surface area (Å²) < 4.78 is 17.2. The third-order valence-corrected chi connectivity index (χ3v) is 11.3. The van der Waals surface area contributed by atoms with E-state index in [9.17, 15) is 39.0 Å². The summed E-state index contributed by atoms with van der Waals surface area (Å²) in [6.45, 7) is 0.303. The van der Waals surface area contributed by atoms with Crippen molar-refractivity contribution in [1.82, 2.24) is 25.4 Å². The number of rotatable bonds is 10.